The van der Waals surface area contributed by atoms with Crippen LogP contribution in [0, 0.1) is 0 Å². The van der Waals surface area contributed by atoms with Gasteiger partial charge in [0.2, 0.25) is 0 Å². The van der Waals surface area contributed by atoms with Crippen LogP contribution in [0.2, 0.25) is 0 Å². The fourth-order valence-electron chi connectivity index (χ4n) is 1.77. The molecule has 0 atom stereocenters. The van der Waals surface area contributed by atoms with E-state index in [1.54, 1.807) is 12.4 Å². The standard InChI is InChI=1S/C12H10N4/c13-12-10(2-1-5-14-12)8-3-4-11-9(6-8)7-15-16-11/h1-7H,(H2,13,14)(H,15,16). The number of hydrogen-bond acceptors (Lipinski definition) is 3. The van der Waals surface area contributed by atoms with Crippen LogP contribution < -0.4 is 5.73 Å². The van der Waals surface area contributed by atoms with Crippen molar-refractivity contribution in [3.63, 3.8) is 0 Å². The predicted molar refractivity (Wildman–Crippen MR) is 63.7 cm³/mol. The summed E-state index contributed by atoms with van der Waals surface area (Å²) in [5.41, 5.74) is 8.86. The molecule has 0 unspecified atom stereocenters. The number of nitrogens with two attached hydrogens (primary N) is 1. The van der Waals surface area contributed by atoms with Crippen molar-refractivity contribution >= 4 is 16.7 Å². The highest BCUT2D eigenvalue weighted by Crippen LogP contribution is 2.26. The van der Waals surface area contributed by atoms with E-state index in [0.717, 1.165) is 22.0 Å². The smallest absolute Gasteiger partial charge is 0.131 e. The Balaban J connectivity index is 2.22. The molecule has 0 spiro atoms. The van der Waals surface area contributed by atoms with E-state index in [-0.39, 0.29) is 0 Å². The highest BCUT2D eigenvalue weighted by molar-refractivity contribution is 5.86. The third-order valence-corrected chi connectivity index (χ3v) is 2.59. The number of H-pyrrole nitrogens is 1. The van der Waals surface area contributed by atoms with Gasteiger partial charge in [-0.25, -0.2) is 4.98 Å². The minimum atomic E-state index is 0.547. The Morgan fingerprint density at radius 2 is 2.12 bits per heavy atom. The number of nitrogens with zero attached hydrogens (tertiary/aromatic N) is 2. The van der Waals surface area contributed by atoms with Crippen molar-refractivity contribution in [3.05, 3.63) is 42.7 Å². The molecule has 78 valence electrons. The molecule has 0 saturated carbocycles. The normalized spacial score (nSPS) is 10.8. The van der Waals surface area contributed by atoms with E-state index >= 15 is 0 Å². The molecule has 0 aliphatic carbocycles. The van der Waals surface area contributed by atoms with Crippen molar-refractivity contribution in [1.82, 2.24) is 15.2 Å². The molecule has 1 aromatic carbocycles. The van der Waals surface area contributed by atoms with E-state index < -0.39 is 0 Å². The quantitative estimate of drug-likeness (QED) is 0.647. The molecule has 2 heterocycles. The van der Waals surface area contributed by atoms with Gasteiger partial charge >= 0.3 is 0 Å². The van der Waals surface area contributed by atoms with Crippen LogP contribution in [0.3, 0.4) is 0 Å². The zero-order chi connectivity index (χ0) is 11.0. The SMILES string of the molecule is Nc1ncccc1-c1ccc2[nH]ncc2c1. The Bertz CT molecular complexity index is 642. The Labute approximate surface area is 92.1 Å². The number of pyridine rings is 1. The summed E-state index contributed by atoms with van der Waals surface area (Å²) in [4.78, 5) is 4.08. The summed E-state index contributed by atoms with van der Waals surface area (Å²) < 4.78 is 0. The molecule has 2 aromatic heterocycles. The van der Waals surface area contributed by atoms with Crippen molar-refractivity contribution in [2.75, 3.05) is 5.73 Å². The molecule has 0 amide bonds. The minimum Gasteiger partial charge on any atom is -0.383 e. The molecule has 4 heteroatoms. The maximum Gasteiger partial charge on any atom is 0.131 e. The molecule has 0 bridgehead atoms. The molecule has 4 nitrogen and oxygen atoms in total. The first kappa shape index (κ1) is 8.91. The van der Waals surface area contributed by atoms with Crippen molar-refractivity contribution in [2.24, 2.45) is 0 Å². The second-order valence-corrected chi connectivity index (χ2v) is 3.61. The van der Waals surface area contributed by atoms with Crippen molar-refractivity contribution in [3.8, 4) is 11.1 Å². The largest absolute Gasteiger partial charge is 0.383 e. The van der Waals surface area contributed by atoms with Crippen molar-refractivity contribution in [2.45, 2.75) is 0 Å². The van der Waals surface area contributed by atoms with Crippen molar-refractivity contribution in [1.29, 1.82) is 0 Å². The third-order valence-electron chi connectivity index (χ3n) is 2.59. The zero-order valence-corrected chi connectivity index (χ0v) is 8.51. The molecular formula is C12H10N4. The highest BCUT2D eigenvalue weighted by Gasteiger charge is 2.04. The lowest BCUT2D eigenvalue weighted by atomic mass is 10.1. The summed E-state index contributed by atoms with van der Waals surface area (Å²) in [6, 6.07) is 9.89. The van der Waals surface area contributed by atoms with Crippen LogP contribution in [0.5, 0.6) is 0 Å². The highest BCUT2D eigenvalue weighted by atomic mass is 15.1. The van der Waals surface area contributed by atoms with Gasteiger partial charge < -0.3 is 5.73 Å². The number of hydrogen-bond donors (Lipinski definition) is 2. The molecule has 0 aliphatic rings. The maximum absolute atomic E-state index is 5.84. The fraction of sp³-hybridized carbons (Fsp3) is 0. The van der Waals surface area contributed by atoms with Gasteiger partial charge in [0.1, 0.15) is 5.82 Å². The van der Waals surface area contributed by atoms with E-state index in [1.165, 1.54) is 0 Å². The number of nitrogen functional groups attached to an aromatic ring is 1. The first-order chi connectivity index (χ1) is 7.84. The molecule has 0 radical (unpaired) electrons. The van der Waals surface area contributed by atoms with Crippen LogP contribution in [0.4, 0.5) is 5.82 Å². The van der Waals surface area contributed by atoms with Gasteiger partial charge in [0.25, 0.3) is 0 Å². The van der Waals surface area contributed by atoms with Gasteiger partial charge in [-0.2, -0.15) is 5.10 Å². The van der Waals surface area contributed by atoms with Crippen LogP contribution in [-0.2, 0) is 0 Å². The van der Waals surface area contributed by atoms with Crippen LogP contribution >= 0.6 is 0 Å². The van der Waals surface area contributed by atoms with Gasteiger partial charge in [-0.1, -0.05) is 6.07 Å². The Morgan fingerprint density at radius 1 is 1.19 bits per heavy atom. The number of anilines is 1. The summed E-state index contributed by atoms with van der Waals surface area (Å²) in [5.74, 6) is 0.547. The van der Waals surface area contributed by atoms with Gasteiger partial charge in [-0.15, -0.1) is 0 Å². The molecular weight excluding hydrogens is 200 g/mol. The van der Waals surface area contributed by atoms with E-state index in [9.17, 15) is 0 Å². The second-order valence-electron chi connectivity index (χ2n) is 3.61. The minimum absolute atomic E-state index is 0.547. The van der Waals surface area contributed by atoms with Crippen molar-refractivity contribution < 1.29 is 0 Å². The first-order valence-electron chi connectivity index (χ1n) is 4.98. The lowest BCUT2D eigenvalue weighted by molar-refractivity contribution is 1.12. The average Bonchev–Trinajstić information content (AvgIpc) is 2.76. The van der Waals surface area contributed by atoms with Gasteiger partial charge in [0, 0.05) is 17.1 Å². The van der Waals surface area contributed by atoms with Gasteiger partial charge in [0.05, 0.1) is 11.7 Å². The fourth-order valence-corrected chi connectivity index (χ4v) is 1.77. The predicted octanol–water partition coefficient (Wildman–Crippen LogP) is 2.21. The molecule has 16 heavy (non-hydrogen) atoms. The molecule has 0 saturated heterocycles. The number of nitrogens with one attached hydrogen (secondary N) is 1. The summed E-state index contributed by atoms with van der Waals surface area (Å²) in [7, 11) is 0. The summed E-state index contributed by atoms with van der Waals surface area (Å²) in [6.45, 7) is 0. The number of benzene rings is 1. The van der Waals surface area contributed by atoms with E-state index in [2.05, 4.69) is 15.2 Å². The molecule has 3 rings (SSSR count). The van der Waals surface area contributed by atoms with Crippen LogP contribution in [0.25, 0.3) is 22.0 Å². The van der Waals surface area contributed by atoms with E-state index in [4.69, 9.17) is 5.73 Å². The van der Waals surface area contributed by atoms with Crippen LogP contribution in [-0.4, -0.2) is 15.2 Å². The number of aromatic amines is 1. The number of rotatable bonds is 1. The number of fused-ring (bicyclic) bond motifs is 1. The van der Waals surface area contributed by atoms with Gasteiger partial charge in [-0.3, -0.25) is 5.10 Å². The molecule has 3 N–H and O–H groups in total. The Kier molecular flexibility index (Phi) is 1.86. The van der Waals surface area contributed by atoms with Crippen LogP contribution in [0.1, 0.15) is 0 Å². The topological polar surface area (TPSA) is 67.6 Å². The Morgan fingerprint density at radius 3 is 3.00 bits per heavy atom. The zero-order valence-electron chi connectivity index (χ0n) is 8.51. The molecule has 0 fully saturated rings. The number of aromatic nitrogens is 3. The summed E-state index contributed by atoms with van der Waals surface area (Å²) in [5, 5.41) is 7.97. The summed E-state index contributed by atoms with van der Waals surface area (Å²) in [6.07, 6.45) is 3.49. The van der Waals surface area contributed by atoms with Gasteiger partial charge in [-0.05, 0) is 29.8 Å². The van der Waals surface area contributed by atoms with E-state index in [0.29, 0.717) is 5.82 Å². The summed E-state index contributed by atoms with van der Waals surface area (Å²) >= 11 is 0. The van der Waals surface area contributed by atoms with Gasteiger partial charge in [0.15, 0.2) is 0 Å². The maximum atomic E-state index is 5.84. The average molecular weight is 210 g/mol. The molecule has 3 aromatic rings. The second kappa shape index (κ2) is 3.34. The third kappa shape index (κ3) is 1.32. The lowest BCUT2D eigenvalue weighted by Gasteiger charge is -2.04. The Hall–Kier alpha value is -2.36. The first-order valence-corrected chi connectivity index (χ1v) is 4.98. The molecule has 0 aliphatic heterocycles. The van der Waals surface area contributed by atoms with E-state index in [1.807, 2.05) is 30.3 Å². The monoisotopic (exact) mass is 210 g/mol. The lowest BCUT2D eigenvalue weighted by Crippen LogP contribution is -1.92. The van der Waals surface area contributed by atoms with Crippen LogP contribution in [0.15, 0.2) is 42.7 Å².